The van der Waals surface area contributed by atoms with Gasteiger partial charge in [0.2, 0.25) is 0 Å². The van der Waals surface area contributed by atoms with E-state index < -0.39 is 0 Å². The van der Waals surface area contributed by atoms with Crippen molar-refractivity contribution in [3.05, 3.63) is 35.4 Å². The third kappa shape index (κ3) is 2.72. The van der Waals surface area contributed by atoms with E-state index in [1.54, 1.807) is 0 Å². The number of hydrogen-bond donors (Lipinski definition) is 1. The summed E-state index contributed by atoms with van der Waals surface area (Å²) in [5.41, 5.74) is 7.75. The van der Waals surface area contributed by atoms with E-state index in [2.05, 4.69) is 6.92 Å². The maximum Gasteiger partial charge on any atom is 0.254 e. The van der Waals surface area contributed by atoms with Crippen LogP contribution in [0.15, 0.2) is 24.3 Å². The average Bonchev–Trinajstić information content (AvgIpc) is 2.38. The average molecular weight is 246 g/mol. The lowest BCUT2D eigenvalue weighted by Gasteiger charge is -2.38. The van der Waals surface area contributed by atoms with E-state index in [9.17, 15) is 4.79 Å². The summed E-state index contributed by atoms with van der Waals surface area (Å²) in [4.78, 5) is 14.4. The molecule has 2 rings (SSSR count). The molecule has 0 bridgehead atoms. The molecule has 3 heteroatoms. The van der Waals surface area contributed by atoms with Crippen LogP contribution in [0.5, 0.6) is 0 Å². The van der Waals surface area contributed by atoms with Crippen molar-refractivity contribution >= 4 is 5.91 Å². The molecular formula is C15H22N2O. The summed E-state index contributed by atoms with van der Waals surface area (Å²) in [5.74, 6) is 0.790. The Labute approximate surface area is 109 Å². The molecule has 2 unspecified atom stereocenters. The molecule has 3 nitrogen and oxygen atoms in total. The fourth-order valence-electron chi connectivity index (χ4n) is 2.60. The van der Waals surface area contributed by atoms with Gasteiger partial charge in [-0.3, -0.25) is 4.79 Å². The molecule has 1 aromatic rings. The molecule has 0 spiro atoms. The van der Waals surface area contributed by atoms with E-state index in [4.69, 9.17) is 5.73 Å². The number of aryl methyl sites for hydroxylation is 1. The molecule has 0 saturated carbocycles. The van der Waals surface area contributed by atoms with E-state index >= 15 is 0 Å². The van der Waals surface area contributed by atoms with Gasteiger partial charge in [0.25, 0.3) is 5.91 Å². The lowest BCUT2D eigenvalue weighted by molar-refractivity contribution is 0.0573. The number of benzene rings is 1. The first-order chi connectivity index (χ1) is 8.61. The number of amides is 1. The molecule has 1 aromatic carbocycles. The van der Waals surface area contributed by atoms with E-state index in [-0.39, 0.29) is 11.9 Å². The van der Waals surface area contributed by atoms with Gasteiger partial charge in [0.05, 0.1) is 0 Å². The quantitative estimate of drug-likeness (QED) is 0.869. The molecule has 98 valence electrons. The van der Waals surface area contributed by atoms with Crippen LogP contribution in [0.1, 0.15) is 35.7 Å². The molecule has 1 amide bonds. The zero-order chi connectivity index (χ0) is 13.1. The fraction of sp³-hybridized carbons (Fsp3) is 0.533. The summed E-state index contributed by atoms with van der Waals surface area (Å²) in [7, 11) is 0. The van der Waals surface area contributed by atoms with Gasteiger partial charge in [0.15, 0.2) is 0 Å². The third-order valence-corrected chi connectivity index (χ3v) is 3.81. The SMILES string of the molecule is Cc1ccc(C(=O)N2CCC(C)CC2CN)cc1. The number of carbonyl (C=O) groups excluding carboxylic acids is 1. The highest BCUT2D eigenvalue weighted by Gasteiger charge is 2.29. The maximum atomic E-state index is 12.5. The van der Waals surface area contributed by atoms with Crippen LogP contribution in [0.2, 0.25) is 0 Å². The van der Waals surface area contributed by atoms with Crippen molar-refractivity contribution in [2.45, 2.75) is 32.7 Å². The second-order valence-corrected chi connectivity index (χ2v) is 5.38. The molecule has 18 heavy (non-hydrogen) atoms. The van der Waals surface area contributed by atoms with Crippen molar-refractivity contribution in [2.24, 2.45) is 11.7 Å². The van der Waals surface area contributed by atoms with Crippen molar-refractivity contribution in [3.8, 4) is 0 Å². The number of rotatable bonds is 2. The van der Waals surface area contributed by atoms with Crippen molar-refractivity contribution in [3.63, 3.8) is 0 Å². The van der Waals surface area contributed by atoms with Crippen LogP contribution in [-0.4, -0.2) is 29.9 Å². The first kappa shape index (κ1) is 13.1. The van der Waals surface area contributed by atoms with Gasteiger partial charge in [-0.2, -0.15) is 0 Å². The Morgan fingerprint density at radius 3 is 2.67 bits per heavy atom. The topological polar surface area (TPSA) is 46.3 Å². The number of likely N-dealkylation sites (tertiary alicyclic amines) is 1. The first-order valence-corrected chi connectivity index (χ1v) is 6.69. The number of nitrogens with zero attached hydrogens (tertiary/aromatic N) is 1. The highest BCUT2D eigenvalue weighted by atomic mass is 16.2. The van der Waals surface area contributed by atoms with E-state index in [1.807, 2.05) is 36.1 Å². The van der Waals surface area contributed by atoms with E-state index in [0.717, 1.165) is 24.9 Å². The molecule has 2 N–H and O–H groups in total. The minimum Gasteiger partial charge on any atom is -0.334 e. The predicted octanol–water partition coefficient (Wildman–Crippen LogP) is 2.19. The van der Waals surface area contributed by atoms with Gasteiger partial charge < -0.3 is 10.6 Å². The third-order valence-electron chi connectivity index (χ3n) is 3.81. The molecule has 0 aromatic heterocycles. The Balaban J connectivity index is 2.14. The first-order valence-electron chi connectivity index (χ1n) is 6.69. The number of hydrogen-bond acceptors (Lipinski definition) is 2. The summed E-state index contributed by atoms with van der Waals surface area (Å²) in [5, 5.41) is 0. The minimum atomic E-state index is 0.123. The van der Waals surface area contributed by atoms with E-state index in [1.165, 1.54) is 5.56 Å². The van der Waals surface area contributed by atoms with Crippen LogP contribution < -0.4 is 5.73 Å². The number of carbonyl (C=O) groups is 1. The van der Waals surface area contributed by atoms with Gasteiger partial charge in [-0.05, 0) is 37.8 Å². The van der Waals surface area contributed by atoms with Crippen LogP contribution in [0, 0.1) is 12.8 Å². The molecule has 0 radical (unpaired) electrons. The lowest BCUT2D eigenvalue weighted by Crippen LogP contribution is -2.49. The molecule has 1 aliphatic rings. The molecule has 1 saturated heterocycles. The van der Waals surface area contributed by atoms with Gasteiger partial charge in [-0.1, -0.05) is 24.6 Å². The molecular weight excluding hydrogens is 224 g/mol. The standard InChI is InChI=1S/C15H22N2O/c1-11-3-5-13(6-4-11)15(18)17-8-7-12(2)9-14(17)10-16/h3-6,12,14H,7-10,16H2,1-2H3. The number of nitrogens with two attached hydrogens (primary N) is 1. The summed E-state index contributed by atoms with van der Waals surface area (Å²) >= 11 is 0. The molecule has 1 aliphatic heterocycles. The smallest absolute Gasteiger partial charge is 0.254 e. The Morgan fingerprint density at radius 1 is 1.39 bits per heavy atom. The predicted molar refractivity (Wildman–Crippen MR) is 73.5 cm³/mol. The Kier molecular flexibility index (Phi) is 4.02. The number of piperidine rings is 1. The monoisotopic (exact) mass is 246 g/mol. The van der Waals surface area contributed by atoms with Gasteiger partial charge in [0.1, 0.15) is 0 Å². The van der Waals surface area contributed by atoms with Gasteiger partial charge in [0, 0.05) is 24.7 Å². The highest BCUT2D eigenvalue weighted by Crippen LogP contribution is 2.23. The summed E-state index contributed by atoms with van der Waals surface area (Å²) in [6.07, 6.45) is 2.10. The van der Waals surface area contributed by atoms with Gasteiger partial charge >= 0.3 is 0 Å². The largest absolute Gasteiger partial charge is 0.334 e. The Bertz CT molecular complexity index is 413. The zero-order valence-electron chi connectivity index (χ0n) is 11.2. The van der Waals surface area contributed by atoms with Crippen LogP contribution in [0.3, 0.4) is 0 Å². The summed E-state index contributed by atoms with van der Waals surface area (Å²) < 4.78 is 0. The highest BCUT2D eigenvalue weighted by molar-refractivity contribution is 5.94. The minimum absolute atomic E-state index is 0.123. The van der Waals surface area contributed by atoms with Crippen LogP contribution in [0.4, 0.5) is 0 Å². The van der Waals surface area contributed by atoms with Crippen LogP contribution >= 0.6 is 0 Å². The Morgan fingerprint density at radius 2 is 2.06 bits per heavy atom. The zero-order valence-corrected chi connectivity index (χ0v) is 11.2. The van der Waals surface area contributed by atoms with Crippen molar-refractivity contribution in [1.82, 2.24) is 4.90 Å². The molecule has 1 heterocycles. The second kappa shape index (κ2) is 5.53. The van der Waals surface area contributed by atoms with Crippen molar-refractivity contribution in [1.29, 1.82) is 0 Å². The normalized spacial score (nSPS) is 24.1. The van der Waals surface area contributed by atoms with Crippen LogP contribution in [0.25, 0.3) is 0 Å². The fourth-order valence-corrected chi connectivity index (χ4v) is 2.60. The lowest BCUT2D eigenvalue weighted by atomic mass is 9.92. The van der Waals surface area contributed by atoms with E-state index in [0.29, 0.717) is 12.5 Å². The van der Waals surface area contributed by atoms with Crippen molar-refractivity contribution < 1.29 is 4.79 Å². The molecule has 2 atom stereocenters. The maximum absolute atomic E-state index is 12.5. The molecule has 0 aliphatic carbocycles. The summed E-state index contributed by atoms with van der Waals surface area (Å²) in [6.45, 7) is 5.65. The Hall–Kier alpha value is -1.35. The summed E-state index contributed by atoms with van der Waals surface area (Å²) in [6, 6.07) is 7.98. The van der Waals surface area contributed by atoms with Gasteiger partial charge in [-0.25, -0.2) is 0 Å². The van der Waals surface area contributed by atoms with Gasteiger partial charge in [-0.15, -0.1) is 0 Å². The second-order valence-electron chi connectivity index (χ2n) is 5.38. The van der Waals surface area contributed by atoms with Crippen LogP contribution in [-0.2, 0) is 0 Å². The van der Waals surface area contributed by atoms with Crippen molar-refractivity contribution in [2.75, 3.05) is 13.1 Å². The molecule has 1 fully saturated rings.